The number of carboxylic acids is 1. The molecule has 0 atom stereocenters. The fourth-order valence-electron chi connectivity index (χ4n) is 7.20. The number of pyridine rings is 1. The summed E-state index contributed by atoms with van der Waals surface area (Å²) in [6, 6.07) is 24.1. The normalized spacial score (nSPS) is 15.0. The highest BCUT2D eigenvalue weighted by Gasteiger charge is 2.32. The first-order chi connectivity index (χ1) is 22.0. The topological polar surface area (TPSA) is 73.6 Å². The first-order valence-corrected chi connectivity index (χ1v) is 16.6. The van der Waals surface area contributed by atoms with Gasteiger partial charge in [0.25, 0.3) is 0 Å². The molecule has 4 heterocycles. The Morgan fingerprint density at radius 1 is 0.978 bits per heavy atom. The average Bonchev–Trinajstić information content (AvgIpc) is 3.57. The van der Waals surface area contributed by atoms with Gasteiger partial charge in [-0.15, -0.1) is 11.3 Å². The Bertz CT molecular complexity index is 2110. The van der Waals surface area contributed by atoms with Gasteiger partial charge in [0, 0.05) is 21.5 Å². The largest absolute Gasteiger partial charge is 0.497 e. The molecule has 1 fully saturated rings. The maximum absolute atomic E-state index is 12.0. The van der Waals surface area contributed by atoms with Crippen molar-refractivity contribution in [2.75, 3.05) is 13.7 Å². The molecular weight excluding hydrogens is 604 g/mol. The van der Waals surface area contributed by atoms with Crippen LogP contribution in [0.4, 0.5) is 0 Å². The zero-order chi connectivity index (χ0) is 30.7. The SMILES string of the molecule is COc1ccc(-c2ccc(Cl)cc2)c(-c2ccc3c4c(ccc3n2)-c2c(C3CCCCC3)c3sc(C(=O)O)cc3n2CCO4)c1. The number of aromatic nitrogens is 2. The Morgan fingerprint density at radius 3 is 2.56 bits per heavy atom. The van der Waals surface area contributed by atoms with E-state index in [0.29, 0.717) is 29.0 Å². The summed E-state index contributed by atoms with van der Waals surface area (Å²) in [5, 5.41) is 11.5. The van der Waals surface area contributed by atoms with Crippen LogP contribution in [0.5, 0.6) is 11.5 Å². The molecule has 6 nitrogen and oxygen atoms in total. The second-order valence-electron chi connectivity index (χ2n) is 11.9. The Kier molecular flexibility index (Phi) is 7.03. The van der Waals surface area contributed by atoms with Gasteiger partial charge < -0.3 is 19.1 Å². The number of thiophene rings is 1. The fourth-order valence-corrected chi connectivity index (χ4v) is 8.45. The average molecular weight is 635 g/mol. The second kappa shape index (κ2) is 11.2. The smallest absolute Gasteiger partial charge is 0.345 e. The van der Waals surface area contributed by atoms with Crippen molar-refractivity contribution in [2.24, 2.45) is 0 Å². The lowest BCUT2D eigenvalue weighted by molar-refractivity contribution is 0.0702. The van der Waals surface area contributed by atoms with Gasteiger partial charge in [0.05, 0.1) is 40.8 Å². The minimum Gasteiger partial charge on any atom is -0.497 e. The van der Waals surface area contributed by atoms with E-state index < -0.39 is 5.97 Å². The molecule has 1 saturated carbocycles. The summed E-state index contributed by atoms with van der Waals surface area (Å²) in [6.07, 6.45) is 5.90. The number of fused-ring (bicyclic) bond motifs is 7. The third-order valence-corrected chi connectivity index (χ3v) is 10.7. The van der Waals surface area contributed by atoms with Crippen molar-refractivity contribution in [1.82, 2.24) is 9.55 Å². The molecule has 8 heteroatoms. The van der Waals surface area contributed by atoms with E-state index in [2.05, 4.69) is 34.9 Å². The number of carbonyl (C=O) groups is 1. The maximum atomic E-state index is 12.0. The van der Waals surface area contributed by atoms with E-state index in [1.165, 1.54) is 41.9 Å². The third-order valence-electron chi connectivity index (χ3n) is 9.29. The Labute approximate surface area is 269 Å². The first-order valence-electron chi connectivity index (χ1n) is 15.4. The van der Waals surface area contributed by atoms with Gasteiger partial charge in [-0.2, -0.15) is 0 Å². The number of benzene rings is 3. The zero-order valence-electron chi connectivity index (χ0n) is 24.8. The van der Waals surface area contributed by atoms with Gasteiger partial charge in [-0.1, -0.05) is 49.1 Å². The molecule has 0 spiro atoms. The van der Waals surface area contributed by atoms with Crippen LogP contribution in [0.15, 0.2) is 72.8 Å². The minimum absolute atomic E-state index is 0.392. The van der Waals surface area contributed by atoms with Crippen LogP contribution in [0.2, 0.25) is 5.02 Å². The molecule has 3 aromatic heterocycles. The molecule has 2 aliphatic rings. The molecule has 6 aromatic rings. The summed E-state index contributed by atoms with van der Waals surface area (Å²) >= 11 is 7.61. The summed E-state index contributed by atoms with van der Waals surface area (Å²) in [7, 11) is 1.67. The van der Waals surface area contributed by atoms with Crippen molar-refractivity contribution in [2.45, 2.75) is 44.6 Å². The van der Waals surface area contributed by atoms with Gasteiger partial charge in [-0.3, -0.25) is 0 Å². The second-order valence-corrected chi connectivity index (χ2v) is 13.3. The van der Waals surface area contributed by atoms with Crippen molar-refractivity contribution >= 4 is 50.0 Å². The lowest BCUT2D eigenvalue weighted by Crippen LogP contribution is -2.08. The maximum Gasteiger partial charge on any atom is 0.345 e. The zero-order valence-corrected chi connectivity index (χ0v) is 26.4. The highest BCUT2D eigenvalue weighted by atomic mass is 35.5. The summed E-state index contributed by atoms with van der Waals surface area (Å²) in [5.41, 5.74) is 9.28. The van der Waals surface area contributed by atoms with Crippen molar-refractivity contribution in [3.05, 3.63) is 88.3 Å². The standard InChI is InChI=1S/C37H31ClN2O4S/c1-43-24-11-12-25(21-7-9-23(38)10-8-21)28(19-24)30-15-13-26-29(39-30)16-14-27-34-33(22-5-3-2-4-6-22)36-31(20-32(45-36)37(41)42)40(34)17-18-44-35(26)27/h7-16,19-20,22H,2-6,17-18H2,1H3,(H,41,42). The molecule has 1 aliphatic heterocycles. The summed E-state index contributed by atoms with van der Waals surface area (Å²) in [4.78, 5) is 17.5. The molecule has 1 aliphatic carbocycles. The van der Waals surface area contributed by atoms with Gasteiger partial charge in [-0.05, 0) is 90.0 Å². The minimum atomic E-state index is -0.867. The van der Waals surface area contributed by atoms with E-state index in [-0.39, 0.29) is 0 Å². The molecule has 45 heavy (non-hydrogen) atoms. The number of rotatable bonds is 5. The predicted molar refractivity (Wildman–Crippen MR) is 181 cm³/mol. The van der Waals surface area contributed by atoms with E-state index in [0.717, 1.165) is 73.4 Å². The molecule has 226 valence electrons. The highest BCUT2D eigenvalue weighted by Crippen LogP contribution is 2.50. The molecule has 3 aromatic carbocycles. The van der Waals surface area contributed by atoms with Crippen LogP contribution in [-0.2, 0) is 6.54 Å². The summed E-state index contributed by atoms with van der Waals surface area (Å²) in [6.45, 7) is 1.15. The van der Waals surface area contributed by atoms with Crippen LogP contribution in [-0.4, -0.2) is 34.3 Å². The number of methoxy groups -OCH3 is 1. The number of ether oxygens (including phenoxy) is 2. The lowest BCUT2D eigenvalue weighted by atomic mass is 9.83. The Balaban J connectivity index is 1.30. The molecule has 0 radical (unpaired) electrons. The van der Waals surface area contributed by atoms with Crippen molar-refractivity contribution in [3.8, 4) is 45.1 Å². The number of aromatic carboxylic acids is 1. The number of hydrogen-bond acceptors (Lipinski definition) is 5. The molecule has 0 unspecified atom stereocenters. The van der Waals surface area contributed by atoms with Crippen LogP contribution in [0.3, 0.4) is 0 Å². The molecule has 0 saturated heterocycles. The quantitative estimate of drug-likeness (QED) is 0.204. The van der Waals surface area contributed by atoms with Gasteiger partial charge in [0.15, 0.2) is 0 Å². The van der Waals surface area contributed by atoms with Crippen LogP contribution in [0, 0.1) is 0 Å². The van der Waals surface area contributed by atoms with Crippen LogP contribution in [0.1, 0.15) is 53.3 Å². The molecule has 1 N–H and O–H groups in total. The van der Waals surface area contributed by atoms with Crippen LogP contribution in [0.25, 0.3) is 54.8 Å². The van der Waals surface area contributed by atoms with Crippen molar-refractivity contribution in [3.63, 3.8) is 0 Å². The van der Waals surface area contributed by atoms with E-state index in [1.54, 1.807) is 7.11 Å². The summed E-state index contributed by atoms with van der Waals surface area (Å²) < 4.78 is 15.5. The number of halogens is 1. The third kappa shape index (κ3) is 4.77. The van der Waals surface area contributed by atoms with E-state index in [1.807, 2.05) is 42.5 Å². The fraction of sp³-hybridized carbons (Fsp3) is 0.243. The highest BCUT2D eigenvalue weighted by molar-refractivity contribution is 7.21. The molecule has 8 rings (SSSR count). The molecular formula is C37H31ClN2O4S. The van der Waals surface area contributed by atoms with Gasteiger partial charge >= 0.3 is 5.97 Å². The number of carboxylic acid groups (broad SMARTS) is 1. The van der Waals surface area contributed by atoms with E-state index in [4.69, 9.17) is 26.1 Å². The van der Waals surface area contributed by atoms with Gasteiger partial charge in [0.2, 0.25) is 0 Å². The first kappa shape index (κ1) is 28.2. The van der Waals surface area contributed by atoms with Crippen LogP contribution >= 0.6 is 22.9 Å². The van der Waals surface area contributed by atoms with E-state index in [9.17, 15) is 9.90 Å². The molecule has 0 amide bonds. The van der Waals surface area contributed by atoms with Crippen molar-refractivity contribution in [1.29, 1.82) is 0 Å². The van der Waals surface area contributed by atoms with E-state index >= 15 is 0 Å². The Morgan fingerprint density at radius 2 is 1.78 bits per heavy atom. The lowest BCUT2D eigenvalue weighted by Gasteiger charge is -2.23. The van der Waals surface area contributed by atoms with Crippen LogP contribution < -0.4 is 9.47 Å². The monoisotopic (exact) mass is 634 g/mol. The molecule has 0 bridgehead atoms. The van der Waals surface area contributed by atoms with Crippen molar-refractivity contribution < 1.29 is 19.4 Å². The Hall–Kier alpha value is -4.33. The van der Waals surface area contributed by atoms with Gasteiger partial charge in [0.1, 0.15) is 23.0 Å². The van der Waals surface area contributed by atoms with Gasteiger partial charge in [-0.25, -0.2) is 9.78 Å². The number of nitrogens with zero attached hydrogens (tertiary/aromatic N) is 2. The summed E-state index contributed by atoms with van der Waals surface area (Å²) in [5.74, 6) is 1.14. The number of hydrogen-bond donors (Lipinski definition) is 1. The predicted octanol–water partition coefficient (Wildman–Crippen LogP) is 10.1.